The second-order valence-electron chi connectivity index (χ2n) is 15.8. The molecule has 0 aromatic carbocycles. The van der Waals surface area contributed by atoms with Crippen LogP contribution in [0.2, 0.25) is 18.1 Å². The topological polar surface area (TPSA) is 181 Å². The quantitative estimate of drug-likeness (QED) is 0.0410. The lowest BCUT2D eigenvalue weighted by Gasteiger charge is -2.40. The summed E-state index contributed by atoms with van der Waals surface area (Å²) in [5, 5.41) is 9.64. The van der Waals surface area contributed by atoms with Crippen LogP contribution in [-0.4, -0.2) is 106 Å². The maximum Gasteiger partial charge on any atom is 0.521 e. The molecular formula is C36H51N8O9P2SSi+. The Morgan fingerprint density at radius 1 is 1.11 bits per heavy atom. The van der Waals surface area contributed by atoms with Crippen LogP contribution in [0, 0.1) is 17.2 Å². The average molecular weight is 862 g/mol. The summed E-state index contributed by atoms with van der Waals surface area (Å²) in [6.45, 7) is 12.9. The molecule has 0 amide bonds. The van der Waals surface area contributed by atoms with E-state index >= 15 is 0 Å². The first-order valence-corrected chi connectivity index (χ1v) is 24.9. The summed E-state index contributed by atoms with van der Waals surface area (Å²) in [6, 6.07) is 7.30. The molecule has 57 heavy (non-hydrogen) atoms. The first-order valence-electron chi connectivity index (χ1n) is 18.7. The Morgan fingerprint density at radius 2 is 1.88 bits per heavy atom. The minimum absolute atomic E-state index is 0.0201. The minimum Gasteiger partial charge on any atom is -0.408 e. The minimum atomic E-state index is -2.52. The van der Waals surface area contributed by atoms with Crippen molar-refractivity contribution in [3.8, 4) is 6.07 Å². The molecule has 0 bridgehead atoms. The summed E-state index contributed by atoms with van der Waals surface area (Å²) < 4.78 is 49.2. The summed E-state index contributed by atoms with van der Waals surface area (Å²) in [5.41, 5.74) is 1.30. The predicted molar refractivity (Wildman–Crippen MR) is 221 cm³/mol. The summed E-state index contributed by atoms with van der Waals surface area (Å²) in [7, 11) is -2.94. The van der Waals surface area contributed by atoms with Crippen molar-refractivity contribution in [1.29, 1.82) is 5.26 Å². The van der Waals surface area contributed by atoms with E-state index in [9.17, 15) is 9.69 Å². The van der Waals surface area contributed by atoms with Crippen LogP contribution in [0.4, 0.5) is 5.69 Å². The Balaban J connectivity index is 1.22. The highest BCUT2D eigenvalue weighted by atomic mass is 32.4. The van der Waals surface area contributed by atoms with Gasteiger partial charge in [0.2, 0.25) is 17.6 Å². The maximum atomic E-state index is 12.7. The summed E-state index contributed by atoms with van der Waals surface area (Å²) in [5.74, 6) is 0.397. The van der Waals surface area contributed by atoms with E-state index in [4.69, 9.17) is 49.1 Å². The van der Waals surface area contributed by atoms with Crippen molar-refractivity contribution in [3.63, 3.8) is 0 Å². The Hall–Kier alpha value is -3.08. The molecule has 0 aliphatic carbocycles. The van der Waals surface area contributed by atoms with Crippen LogP contribution in [-0.2, 0) is 43.8 Å². The molecular weight excluding hydrogens is 811 g/mol. The van der Waals surface area contributed by atoms with E-state index in [0.29, 0.717) is 12.2 Å². The van der Waals surface area contributed by atoms with Crippen LogP contribution in [0.15, 0.2) is 59.0 Å². The van der Waals surface area contributed by atoms with Gasteiger partial charge in [-0.25, -0.2) is 15.0 Å². The second-order valence-corrected chi connectivity index (χ2v) is 23.3. The lowest BCUT2D eigenvalue weighted by Crippen LogP contribution is -2.50. The van der Waals surface area contributed by atoms with Gasteiger partial charge in [-0.05, 0) is 42.6 Å². The van der Waals surface area contributed by atoms with Crippen molar-refractivity contribution in [3.05, 3.63) is 59.5 Å². The highest BCUT2D eigenvalue weighted by Gasteiger charge is 2.53. The largest absolute Gasteiger partial charge is 0.521 e. The van der Waals surface area contributed by atoms with E-state index in [1.54, 1.807) is 29.5 Å². The molecule has 1 N–H and O–H groups in total. The normalized spacial score (nSPS) is 25.1. The highest BCUT2D eigenvalue weighted by Crippen LogP contribution is 2.48. The Labute approximate surface area is 340 Å². The van der Waals surface area contributed by atoms with Crippen molar-refractivity contribution >= 4 is 64.7 Å². The van der Waals surface area contributed by atoms with Gasteiger partial charge in [-0.2, -0.15) is 5.26 Å². The molecule has 3 unspecified atom stereocenters. The van der Waals surface area contributed by atoms with Crippen LogP contribution >= 0.6 is 15.8 Å². The third kappa shape index (κ3) is 10.0. The van der Waals surface area contributed by atoms with Crippen molar-refractivity contribution in [2.45, 2.75) is 95.5 Å². The molecule has 6 heterocycles. The fourth-order valence-corrected chi connectivity index (χ4v) is 9.48. The molecule has 0 saturated carbocycles. The van der Waals surface area contributed by atoms with Crippen molar-refractivity contribution in [1.82, 2.24) is 28.4 Å². The van der Waals surface area contributed by atoms with E-state index in [1.807, 2.05) is 48.0 Å². The molecule has 6 rings (SSSR count). The predicted octanol–water partition coefficient (Wildman–Crippen LogP) is 6.32. The number of hydrogen-bond donors (Lipinski definition) is 1. The highest BCUT2D eigenvalue weighted by molar-refractivity contribution is 8.00. The van der Waals surface area contributed by atoms with Crippen LogP contribution < -0.4 is 5.56 Å². The fourth-order valence-electron chi connectivity index (χ4n) is 6.41. The molecule has 4 aromatic rings. The molecule has 308 valence electrons. The van der Waals surface area contributed by atoms with E-state index < -0.39 is 48.6 Å². The number of aromatic nitrogens is 5. The number of fused-ring (bicyclic) bond motifs is 2. The van der Waals surface area contributed by atoms with Gasteiger partial charge in [0, 0.05) is 56.5 Å². The van der Waals surface area contributed by atoms with Gasteiger partial charge in [0.1, 0.15) is 43.4 Å². The number of nitrogens with zero attached hydrogens (tertiary/aromatic N) is 8. The third-order valence-electron chi connectivity index (χ3n) is 10.5. The van der Waals surface area contributed by atoms with Gasteiger partial charge in [-0.15, -0.1) is 9.05 Å². The number of imidazole rings is 1. The van der Waals surface area contributed by atoms with Gasteiger partial charge in [0.25, 0.3) is 5.56 Å². The van der Waals surface area contributed by atoms with E-state index in [-0.39, 0.29) is 55.1 Å². The molecule has 21 heteroatoms. The zero-order valence-corrected chi connectivity index (χ0v) is 37.0. The van der Waals surface area contributed by atoms with Crippen LogP contribution in [0.3, 0.4) is 0 Å². The molecule has 2 aliphatic heterocycles. The Kier molecular flexibility index (Phi) is 14.1. The average Bonchev–Trinajstić information content (AvgIpc) is 3.95. The fraction of sp³-hybridized carbons (Fsp3) is 0.583. The first kappa shape index (κ1) is 43.5. The summed E-state index contributed by atoms with van der Waals surface area (Å²) in [6.07, 6.45) is 6.97. The van der Waals surface area contributed by atoms with Crippen molar-refractivity contribution in [2.24, 2.45) is 10.9 Å². The van der Waals surface area contributed by atoms with Gasteiger partial charge < -0.3 is 37.3 Å². The van der Waals surface area contributed by atoms with Gasteiger partial charge in [-0.3, -0.25) is 13.8 Å². The number of aliphatic imine (C=N–C) groups is 1. The van der Waals surface area contributed by atoms with Crippen molar-refractivity contribution in [2.75, 3.05) is 33.9 Å². The third-order valence-corrected chi connectivity index (χ3v) is 17.1. The first-order chi connectivity index (χ1) is 27.1. The number of ether oxygens (including phenoxy) is 2. The van der Waals surface area contributed by atoms with Crippen LogP contribution in [0.5, 0.6) is 0 Å². The summed E-state index contributed by atoms with van der Waals surface area (Å²) >= 11 is 5.42. The molecule has 9 atom stereocenters. The zero-order valence-electron chi connectivity index (χ0n) is 33.4. The molecule has 17 nitrogen and oxygen atoms in total. The molecule has 2 fully saturated rings. The Bertz CT molecular complexity index is 2150. The van der Waals surface area contributed by atoms with E-state index in [0.717, 1.165) is 16.7 Å². The van der Waals surface area contributed by atoms with Crippen LogP contribution in [0.1, 0.15) is 53.0 Å². The smallest absolute Gasteiger partial charge is 0.408 e. The van der Waals surface area contributed by atoms with E-state index in [1.165, 1.54) is 16.7 Å². The van der Waals surface area contributed by atoms with Crippen molar-refractivity contribution < 1.29 is 36.9 Å². The number of rotatable bonds is 17. The number of nitriles is 1. The molecule has 0 radical (unpaired) electrons. The molecule has 2 aliphatic rings. The number of hydrogen-bond acceptors (Lipinski definition) is 14. The molecule has 0 spiro atoms. The van der Waals surface area contributed by atoms with Crippen LogP contribution in [0.25, 0.3) is 16.8 Å². The zero-order chi connectivity index (χ0) is 41.1. The van der Waals surface area contributed by atoms with Gasteiger partial charge in [0.05, 0.1) is 37.2 Å². The summed E-state index contributed by atoms with van der Waals surface area (Å²) in [4.78, 5) is 39.8. The monoisotopic (exact) mass is 861 g/mol. The second kappa shape index (κ2) is 18.5. The number of pyridine rings is 1. The van der Waals surface area contributed by atoms with Gasteiger partial charge >= 0.3 is 15.8 Å². The maximum absolute atomic E-state index is 12.7. The lowest BCUT2D eigenvalue weighted by molar-refractivity contribution is -0.0486. The molecule has 4 aromatic heterocycles. The standard InChI is InChI=1S/C36H51N8O9P2SSi/c1-24-20-30(43-16-11-25-26(40-23-41(5)6)10-14-38-33(25)43)50-27(24)21-48-54(46)52-32-31(53-57(7,8)36(2,3)4)28(22-49-55(56)47-19-9-13-37)51-34(32)44-17-12-29(45)42-18-15-39-35(42)44/h10-12,14-18,23-24,27-28,30-32,34,46H,9,19-22H2,1-8H3/q+1/t24-,27+,28+,30+,31?,32+,34+,54?/m0/s1. The van der Waals surface area contributed by atoms with Gasteiger partial charge in [0.15, 0.2) is 14.5 Å². The van der Waals surface area contributed by atoms with E-state index in [2.05, 4.69) is 55.7 Å². The molecule has 2 saturated heterocycles. The lowest BCUT2D eigenvalue weighted by atomic mass is 10.0. The van der Waals surface area contributed by atoms with Gasteiger partial charge in [-0.1, -0.05) is 27.7 Å². The SMILES string of the molecule is C[C@H]1C[C@H](n2ccc3c(N=CN(C)C)ccnc32)O[C@@H]1COP(O)O[C@@H]1C(O[Si](C)(C)C(C)(C)C)[C@@H](CO[P+](=S)OCCC#N)O[C@H]1n1ccc(=O)n2ccnc12. The Morgan fingerprint density at radius 3 is 2.61 bits per heavy atom.